The Kier molecular flexibility index (Phi) is 9.68. The maximum Gasteiger partial charge on any atom is 0.338 e. The predicted octanol–water partition coefficient (Wildman–Crippen LogP) is 6.29. The molecule has 4 aromatic rings. The Morgan fingerprint density at radius 3 is 2.30 bits per heavy atom. The Balaban J connectivity index is 1.76. The summed E-state index contributed by atoms with van der Waals surface area (Å²) in [5, 5.41) is 2.85. The van der Waals surface area contributed by atoms with Gasteiger partial charge in [0.2, 0.25) is 6.29 Å². The van der Waals surface area contributed by atoms with Gasteiger partial charge in [-0.15, -0.1) is 0 Å². The predicted molar refractivity (Wildman–Crippen MR) is 158 cm³/mol. The molecule has 0 atom stereocenters. The smallest absolute Gasteiger partial charge is 0.338 e. The van der Waals surface area contributed by atoms with Crippen LogP contribution in [0, 0.1) is 6.92 Å². The van der Waals surface area contributed by atoms with E-state index in [1.807, 2.05) is 31.2 Å². The molecule has 6 nitrogen and oxygen atoms in total. The Morgan fingerprint density at radius 1 is 0.875 bits per heavy atom. The van der Waals surface area contributed by atoms with Crippen LogP contribution in [0.2, 0.25) is 0 Å². The van der Waals surface area contributed by atoms with Crippen molar-refractivity contribution in [1.29, 1.82) is 0 Å². The van der Waals surface area contributed by atoms with E-state index in [1.54, 1.807) is 13.0 Å². The third kappa shape index (κ3) is 6.75. The van der Waals surface area contributed by atoms with Crippen LogP contribution in [-0.4, -0.2) is 29.3 Å². The number of esters is 1. The third-order valence-corrected chi connectivity index (χ3v) is 7.06. The number of nitrogens with one attached hydrogen (secondary N) is 1. The molecule has 0 radical (unpaired) electrons. The molecule has 0 fully saturated rings. The molecule has 0 aliphatic rings. The minimum atomic E-state index is -0.695. The standard InChI is InChI=1S/C34H36N2O4/c1-4-12-31-33(35-32(38)23-37)30(21-28-17-9-10-18-29(28)34(39)40-5-2)24(3)36(31)22-27-16-11-15-26(20-27)19-25-13-7-6-8-14-25/h6-11,13-18,20,23H,4-5,12,19,21-22H2,1-3H3,(H,35,38). The van der Waals surface area contributed by atoms with E-state index in [4.69, 9.17) is 4.74 Å². The molecule has 1 heterocycles. The van der Waals surface area contributed by atoms with Gasteiger partial charge in [0, 0.05) is 29.9 Å². The highest BCUT2D eigenvalue weighted by Gasteiger charge is 2.23. The highest BCUT2D eigenvalue weighted by molar-refractivity contribution is 6.29. The van der Waals surface area contributed by atoms with Gasteiger partial charge in [0.25, 0.3) is 5.91 Å². The lowest BCUT2D eigenvalue weighted by Crippen LogP contribution is -2.15. The molecular formula is C34H36N2O4. The van der Waals surface area contributed by atoms with Crippen LogP contribution in [0.4, 0.5) is 5.69 Å². The van der Waals surface area contributed by atoms with Crippen molar-refractivity contribution in [3.05, 3.63) is 124 Å². The lowest BCUT2D eigenvalue weighted by molar-refractivity contribution is -0.127. The largest absolute Gasteiger partial charge is 0.462 e. The van der Waals surface area contributed by atoms with Gasteiger partial charge in [-0.1, -0.05) is 86.1 Å². The van der Waals surface area contributed by atoms with E-state index < -0.39 is 5.91 Å². The van der Waals surface area contributed by atoms with Gasteiger partial charge in [-0.25, -0.2) is 4.79 Å². The maximum atomic E-state index is 12.7. The summed E-state index contributed by atoms with van der Waals surface area (Å²) in [4.78, 5) is 36.4. The third-order valence-electron chi connectivity index (χ3n) is 7.06. The first-order chi connectivity index (χ1) is 19.4. The van der Waals surface area contributed by atoms with Crippen molar-refractivity contribution in [3.63, 3.8) is 0 Å². The van der Waals surface area contributed by atoms with E-state index in [0.717, 1.165) is 47.3 Å². The summed E-state index contributed by atoms with van der Waals surface area (Å²) in [6.07, 6.45) is 3.13. The molecule has 1 N–H and O–H groups in total. The van der Waals surface area contributed by atoms with Crippen molar-refractivity contribution < 1.29 is 19.1 Å². The summed E-state index contributed by atoms with van der Waals surface area (Å²) >= 11 is 0. The number of amides is 1. The van der Waals surface area contributed by atoms with Gasteiger partial charge in [0.05, 0.1) is 17.9 Å². The zero-order chi connectivity index (χ0) is 28.5. The Hall–Kier alpha value is -4.45. The van der Waals surface area contributed by atoms with Crippen molar-refractivity contribution in [3.8, 4) is 0 Å². The number of hydrogen-bond donors (Lipinski definition) is 1. The Bertz CT molecular complexity index is 1490. The van der Waals surface area contributed by atoms with Crippen LogP contribution < -0.4 is 5.32 Å². The van der Waals surface area contributed by atoms with Gasteiger partial charge >= 0.3 is 5.97 Å². The normalized spacial score (nSPS) is 10.8. The molecule has 1 aromatic heterocycles. The molecule has 0 bridgehead atoms. The fourth-order valence-electron chi connectivity index (χ4n) is 5.21. The van der Waals surface area contributed by atoms with Gasteiger partial charge in [-0.3, -0.25) is 9.59 Å². The minimum Gasteiger partial charge on any atom is -0.462 e. The minimum absolute atomic E-state index is 0.285. The summed E-state index contributed by atoms with van der Waals surface area (Å²) in [6, 6.07) is 26.3. The zero-order valence-corrected chi connectivity index (χ0v) is 23.4. The summed E-state index contributed by atoms with van der Waals surface area (Å²) in [5.74, 6) is -1.07. The van der Waals surface area contributed by atoms with E-state index in [0.29, 0.717) is 30.5 Å². The quantitative estimate of drug-likeness (QED) is 0.131. The van der Waals surface area contributed by atoms with Crippen molar-refractivity contribution in [2.24, 2.45) is 0 Å². The van der Waals surface area contributed by atoms with E-state index in [9.17, 15) is 14.4 Å². The lowest BCUT2D eigenvalue weighted by Gasteiger charge is -2.14. The average molecular weight is 537 g/mol. The molecular weight excluding hydrogens is 500 g/mol. The second kappa shape index (κ2) is 13.6. The molecule has 0 saturated heterocycles. The first kappa shape index (κ1) is 28.6. The number of anilines is 1. The highest BCUT2D eigenvalue weighted by atomic mass is 16.5. The maximum absolute atomic E-state index is 12.7. The van der Waals surface area contributed by atoms with E-state index in [1.165, 1.54) is 11.1 Å². The van der Waals surface area contributed by atoms with Gasteiger partial charge in [0.15, 0.2) is 0 Å². The Labute approximate surface area is 236 Å². The summed E-state index contributed by atoms with van der Waals surface area (Å²) < 4.78 is 7.52. The summed E-state index contributed by atoms with van der Waals surface area (Å²) in [6.45, 7) is 6.81. The number of ether oxygens (including phenoxy) is 1. The van der Waals surface area contributed by atoms with Gasteiger partial charge < -0.3 is 14.6 Å². The van der Waals surface area contributed by atoms with E-state index in [2.05, 4.69) is 65.3 Å². The van der Waals surface area contributed by atoms with E-state index >= 15 is 0 Å². The van der Waals surface area contributed by atoms with Crippen molar-refractivity contribution in [2.45, 2.75) is 53.0 Å². The number of nitrogens with zero attached hydrogens (tertiary/aromatic N) is 1. The van der Waals surface area contributed by atoms with E-state index in [-0.39, 0.29) is 12.6 Å². The highest BCUT2D eigenvalue weighted by Crippen LogP contribution is 2.33. The van der Waals surface area contributed by atoms with Gasteiger partial charge in [-0.05, 0) is 55.0 Å². The van der Waals surface area contributed by atoms with Crippen molar-refractivity contribution in [2.75, 3.05) is 11.9 Å². The molecule has 3 aromatic carbocycles. The number of carbonyl (C=O) groups excluding carboxylic acids is 3. The van der Waals surface area contributed by atoms with Crippen LogP contribution >= 0.6 is 0 Å². The number of aldehydes is 1. The number of aromatic nitrogens is 1. The fraction of sp³-hybridized carbons (Fsp3) is 0.265. The number of benzene rings is 3. The SMILES string of the molecule is CCCc1c(NC(=O)C=O)c(Cc2ccccc2C(=O)OCC)c(C)n1Cc1cccc(Cc2ccccc2)c1. The monoisotopic (exact) mass is 536 g/mol. The molecule has 0 saturated carbocycles. The average Bonchev–Trinajstić information content (AvgIpc) is 3.19. The van der Waals surface area contributed by atoms with Crippen LogP contribution in [-0.2, 0) is 40.1 Å². The number of hydrogen-bond acceptors (Lipinski definition) is 4. The lowest BCUT2D eigenvalue weighted by atomic mass is 9.98. The topological polar surface area (TPSA) is 77.4 Å². The fourth-order valence-corrected chi connectivity index (χ4v) is 5.21. The molecule has 0 aliphatic heterocycles. The molecule has 40 heavy (non-hydrogen) atoms. The molecule has 0 spiro atoms. The second-order valence-corrected chi connectivity index (χ2v) is 9.87. The Morgan fingerprint density at radius 2 is 1.57 bits per heavy atom. The first-order valence-corrected chi connectivity index (χ1v) is 13.8. The van der Waals surface area contributed by atoms with Gasteiger partial charge in [0.1, 0.15) is 0 Å². The summed E-state index contributed by atoms with van der Waals surface area (Å²) in [5.41, 5.74) is 8.41. The van der Waals surface area contributed by atoms with Gasteiger partial charge in [-0.2, -0.15) is 0 Å². The van der Waals surface area contributed by atoms with Crippen LogP contribution in [0.1, 0.15) is 69.8 Å². The molecule has 4 rings (SSSR count). The van der Waals surface area contributed by atoms with Crippen LogP contribution in [0.15, 0.2) is 78.9 Å². The van der Waals surface area contributed by atoms with Crippen LogP contribution in [0.5, 0.6) is 0 Å². The molecule has 0 aliphatic carbocycles. The first-order valence-electron chi connectivity index (χ1n) is 13.8. The molecule has 1 amide bonds. The summed E-state index contributed by atoms with van der Waals surface area (Å²) in [7, 11) is 0. The van der Waals surface area contributed by atoms with Crippen molar-refractivity contribution >= 4 is 23.9 Å². The molecule has 206 valence electrons. The zero-order valence-electron chi connectivity index (χ0n) is 23.4. The van der Waals surface area contributed by atoms with Crippen molar-refractivity contribution in [1.82, 2.24) is 4.57 Å². The van der Waals surface area contributed by atoms with Crippen LogP contribution in [0.3, 0.4) is 0 Å². The number of rotatable bonds is 12. The number of carbonyl (C=O) groups is 3. The van der Waals surface area contributed by atoms with Crippen LogP contribution in [0.25, 0.3) is 0 Å². The molecule has 0 unspecified atom stereocenters. The second-order valence-electron chi connectivity index (χ2n) is 9.87. The molecule has 6 heteroatoms.